The molecule has 1 atom stereocenters. The summed E-state index contributed by atoms with van der Waals surface area (Å²) in [6.07, 6.45) is 1.87. The summed E-state index contributed by atoms with van der Waals surface area (Å²) in [6.45, 7) is -0.427. The van der Waals surface area contributed by atoms with Crippen LogP contribution < -0.4 is 4.74 Å². The first kappa shape index (κ1) is 14.7. The van der Waals surface area contributed by atoms with Crippen molar-refractivity contribution in [2.24, 2.45) is 0 Å². The van der Waals surface area contributed by atoms with E-state index in [1.165, 1.54) is 4.88 Å². The van der Waals surface area contributed by atoms with E-state index >= 15 is 0 Å². The number of carbonyl (C=O) groups is 1. The zero-order valence-corrected chi connectivity index (χ0v) is 13.3. The van der Waals surface area contributed by atoms with Gasteiger partial charge in [-0.25, -0.2) is 4.79 Å². The number of ether oxygens (including phenoxy) is 1. The molecule has 21 heavy (non-hydrogen) atoms. The van der Waals surface area contributed by atoms with Crippen LogP contribution in [0.1, 0.15) is 28.3 Å². The predicted octanol–water partition coefficient (Wildman–Crippen LogP) is 4.60. The number of benzene rings is 1. The van der Waals surface area contributed by atoms with Crippen LogP contribution in [-0.2, 0) is 11.2 Å². The third kappa shape index (κ3) is 2.76. The summed E-state index contributed by atoms with van der Waals surface area (Å²) < 4.78 is 5.22. The van der Waals surface area contributed by atoms with Gasteiger partial charge < -0.3 is 9.84 Å². The Kier molecular flexibility index (Phi) is 4.11. The lowest BCUT2D eigenvalue weighted by Gasteiger charge is -2.15. The Morgan fingerprint density at radius 2 is 2.24 bits per heavy atom. The molecule has 1 N–H and O–H groups in total. The Balaban J connectivity index is 1.99. The highest BCUT2D eigenvalue weighted by atomic mass is 35.5. The van der Waals surface area contributed by atoms with E-state index in [9.17, 15) is 4.79 Å². The van der Waals surface area contributed by atoms with Gasteiger partial charge in [0.15, 0.2) is 6.61 Å². The molecule has 1 aliphatic carbocycles. The largest absolute Gasteiger partial charge is 0.480 e. The second-order valence-electron chi connectivity index (χ2n) is 4.86. The first-order valence-corrected chi connectivity index (χ1v) is 8.10. The second kappa shape index (κ2) is 5.87. The zero-order chi connectivity index (χ0) is 15.0. The molecular weight excluding hydrogens is 331 g/mol. The van der Waals surface area contributed by atoms with Crippen molar-refractivity contribution in [3.63, 3.8) is 0 Å². The van der Waals surface area contributed by atoms with E-state index in [0.717, 1.165) is 24.0 Å². The van der Waals surface area contributed by atoms with Gasteiger partial charge in [-0.1, -0.05) is 29.3 Å². The number of carboxylic acids is 1. The van der Waals surface area contributed by atoms with Gasteiger partial charge in [0.1, 0.15) is 10.8 Å². The summed E-state index contributed by atoms with van der Waals surface area (Å²) in [5.41, 5.74) is 2.13. The average Bonchev–Trinajstić information content (AvgIpc) is 3.09. The molecule has 0 fully saturated rings. The van der Waals surface area contributed by atoms with E-state index in [-0.39, 0.29) is 5.92 Å². The summed E-state index contributed by atoms with van der Waals surface area (Å²) in [6, 6.07) is 5.95. The van der Waals surface area contributed by atoms with Crippen molar-refractivity contribution in [2.45, 2.75) is 18.8 Å². The Morgan fingerprint density at radius 1 is 1.43 bits per heavy atom. The summed E-state index contributed by atoms with van der Waals surface area (Å²) in [5, 5.41) is 11.5. The van der Waals surface area contributed by atoms with Gasteiger partial charge in [0.25, 0.3) is 0 Å². The maximum atomic E-state index is 10.6. The van der Waals surface area contributed by atoms with Gasteiger partial charge in [-0.3, -0.25) is 0 Å². The van der Waals surface area contributed by atoms with Gasteiger partial charge in [-0.2, -0.15) is 0 Å². The predicted molar refractivity (Wildman–Crippen MR) is 84.1 cm³/mol. The molecule has 1 aromatic heterocycles. The van der Waals surface area contributed by atoms with Gasteiger partial charge in [-0.15, -0.1) is 11.3 Å². The number of fused-ring (bicyclic) bond motifs is 1. The van der Waals surface area contributed by atoms with Gasteiger partial charge in [0.2, 0.25) is 0 Å². The van der Waals surface area contributed by atoms with Crippen LogP contribution in [0.15, 0.2) is 23.6 Å². The van der Waals surface area contributed by atoms with E-state index in [1.54, 1.807) is 11.3 Å². The maximum Gasteiger partial charge on any atom is 0.341 e. The second-order valence-corrected chi connectivity index (χ2v) is 6.60. The highest BCUT2D eigenvalue weighted by Gasteiger charge is 2.30. The van der Waals surface area contributed by atoms with Crippen LogP contribution in [0.4, 0.5) is 0 Å². The standard InChI is InChI=1S/C15H12Cl2O3S/c16-14-10(20-7-12(18)19)6-8-3-4-9(13(8)15(14)17)11-2-1-5-21-11/h1-2,5-6,9H,3-4,7H2,(H,18,19). The molecule has 0 bridgehead atoms. The average molecular weight is 343 g/mol. The minimum Gasteiger partial charge on any atom is -0.480 e. The van der Waals surface area contributed by atoms with Gasteiger partial charge in [0, 0.05) is 10.8 Å². The molecule has 0 radical (unpaired) electrons. The number of aryl methyl sites for hydroxylation is 1. The van der Waals surface area contributed by atoms with E-state index in [2.05, 4.69) is 6.07 Å². The van der Waals surface area contributed by atoms with Crippen molar-refractivity contribution >= 4 is 40.5 Å². The zero-order valence-electron chi connectivity index (χ0n) is 10.9. The van der Waals surface area contributed by atoms with E-state index in [0.29, 0.717) is 15.8 Å². The van der Waals surface area contributed by atoms with Crippen molar-refractivity contribution in [1.82, 2.24) is 0 Å². The Bertz CT molecular complexity index is 683. The molecule has 1 aromatic carbocycles. The lowest BCUT2D eigenvalue weighted by molar-refractivity contribution is -0.139. The smallest absolute Gasteiger partial charge is 0.341 e. The monoisotopic (exact) mass is 342 g/mol. The number of hydrogen-bond donors (Lipinski definition) is 1. The van der Waals surface area contributed by atoms with Crippen molar-refractivity contribution in [3.8, 4) is 5.75 Å². The maximum absolute atomic E-state index is 10.6. The lowest BCUT2D eigenvalue weighted by Crippen LogP contribution is -2.10. The van der Waals surface area contributed by atoms with E-state index in [1.807, 2.05) is 17.5 Å². The lowest BCUT2D eigenvalue weighted by atomic mass is 9.99. The molecule has 0 aliphatic heterocycles. The number of halogens is 2. The molecule has 0 spiro atoms. The SMILES string of the molecule is O=C(O)COc1cc2c(c(Cl)c1Cl)C(c1cccs1)CC2. The number of hydrogen-bond acceptors (Lipinski definition) is 3. The minimum atomic E-state index is -1.04. The van der Waals surface area contributed by atoms with E-state index in [4.69, 9.17) is 33.0 Å². The topological polar surface area (TPSA) is 46.5 Å². The quantitative estimate of drug-likeness (QED) is 0.883. The van der Waals surface area contributed by atoms with E-state index < -0.39 is 12.6 Å². The van der Waals surface area contributed by atoms with Crippen LogP contribution in [0.5, 0.6) is 5.75 Å². The summed E-state index contributed by atoms with van der Waals surface area (Å²) in [5.74, 6) is -0.438. The van der Waals surface area contributed by atoms with Crippen LogP contribution >= 0.6 is 34.5 Å². The van der Waals surface area contributed by atoms with Crippen molar-refractivity contribution in [1.29, 1.82) is 0 Å². The molecule has 3 rings (SSSR count). The molecule has 1 heterocycles. The van der Waals surface area contributed by atoms with Crippen LogP contribution in [0.3, 0.4) is 0 Å². The number of aliphatic carboxylic acids is 1. The summed E-state index contributed by atoms with van der Waals surface area (Å²) >= 11 is 14.4. The molecule has 6 heteroatoms. The van der Waals surface area contributed by atoms with Crippen molar-refractivity contribution < 1.29 is 14.6 Å². The first-order valence-electron chi connectivity index (χ1n) is 6.46. The highest BCUT2D eigenvalue weighted by molar-refractivity contribution is 7.10. The van der Waals surface area contributed by atoms with Crippen molar-refractivity contribution in [2.75, 3.05) is 6.61 Å². The fourth-order valence-electron chi connectivity index (χ4n) is 2.71. The Morgan fingerprint density at radius 3 is 2.90 bits per heavy atom. The number of thiophene rings is 1. The molecule has 110 valence electrons. The van der Waals surface area contributed by atoms with Crippen LogP contribution in [0, 0.1) is 0 Å². The fourth-order valence-corrected chi connectivity index (χ4v) is 4.14. The van der Waals surface area contributed by atoms with Gasteiger partial charge in [0.05, 0.1) is 5.02 Å². The molecule has 0 saturated carbocycles. The number of rotatable bonds is 4. The Labute approximate surface area is 136 Å². The normalized spacial score (nSPS) is 16.8. The fraction of sp³-hybridized carbons (Fsp3) is 0.267. The summed E-state index contributed by atoms with van der Waals surface area (Å²) in [4.78, 5) is 11.9. The number of carboxylic acid groups (broad SMARTS) is 1. The molecular formula is C15H12Cl2O3S. The third-order valence-corrected chi connectivity index (χ3v) is 5.44. The first-order chi connectivity index (χ1) is 10.1. The van der Waals surface area contributed by atoms with Crippen molar-refractivity contribution in [3.05, 3.63) is 49.6 Å². The third-order valence-electron chi connectivity index (χ3n) is 3.59. The van der Waals surface area contributed by atoms with Crippen LogP contribution in [0.25, 0.3) is 0 Å². The minimum absolute atomic E-state index is 0.263. The van der Waals surface area contributed by atoms with Gasteiger partial charge in [-0.05, 0) is 41.5 Å². The van der Waals surface area contributed by atoms with Crippen LogP contribution in [0.2, 0.25) is 10.0 Å². The molecule has 0 amide bonds. The Hall–Kier alpha value is -1.23. The molecule has 1 unspecified atom stereocenters. The molecule has 0 saturated heterocycles. The highest BCUT2D eigenvalue weighted by Crippen LogP contribution is 2.48. The molecule has 3 nitrogen and oxygen atoms in total. The van der Waals surface area contributed by atoms with Crippen LogP contribution in [-0.4, -0.2) is 17.7 Å². The summed E-state index contributed by atoms with van der Waals surface area (Å²) in [7, 11) is 0. The molecule has 1 aliphatic rings. The van der Waals surface area contributed by atoms with Gasteiger partial charge >= 0.3 is 5.97 Å². The molecule has 2 aromatic rings.